The minimum atomic E-state index is -4.01. The minimum Gasteiger partial charge on any atom is -0.236 e. The molecule has 13 rings (SSSR count). The number of benzene rings is 8. The summed E-state index contributed by atoms with van der Waals surface area (Å²) < 4.78 is 30.9. The van der Waals surface area contributed by atoms with Crippen LogP contribution in [0.25, 0.3) is 78.7 Å². The molecule has 318 valence electrons. The third-order valence-corrected chi connectivity index (χ3v) is 16.1. The SMILES string of the molecule is CC1(C)c2ccccc2-c2cc3c(cc21)S(=O)(=O)c1ccccc1C31c2ccccc2-c2ccccc2-c2ccc(-c3cc(-c4cnc(-c5ccccc5)nc4)nc(-c4ccccc4)n3)cc21. The van der Waals surface area contributed by atoms with E-state index in [4.69, 9.17) is 19.9 Å². The van der Waals surface area contributed by atoms with Gasteiger partial charge in [-0.3, -0.25) is 0 Å². The molecule has 3 heterocycles. The summed E-state index contributed by atoms with van der Waals surface area (Å²) in [5.41, 5.74) is 15.3. The van der Waals surface area contributed by atoms with Crippen LogP contribution < -0.4 is 0 Å². The zero-order valence-corrected chi connectivity index (χ0v) is 37.5. The highest BCUT2D eigenvalue weighted by molar-refractivity contribution is 7.91. The highest BCUT2D eigenvalue weighted by Gasteiger charge is 2.53. The van der Waals surface area contributed by atoms with Gasteiger partial charge in [-0.25, -0.2) is 28.4 Å². The van der Waals surface area contributed by atoms with Gasteiger partial charge in [0.2, 0.25) is 9.84 Å². The van der Waals surface area contributed by atoms with Crippen molar-refractivity contribution in [2.45, 2.75) is 34.5 Å². The van der Waals surface area contributed by atoms with Gasteiger partial charge in [-0.15, -0.1) is 0 Å². The number of hydrogen-bond donors (Lipinski definition) is 0. The number of nitrogens with zero attached hydrogens (tertiary/aromatic N) is 4. The molecule has 7 heteroatoms. The van der Waals surface area contributed by atoms with Crippen LogP contribution in [0.15, 0.2) is 216 Å². The standard InChI is InChI=1S/C60H40N4O2S/c1-59(2)47-25-13-11-24-44(47)46-32-52-56(33-50(46)59)67(65,66)55-28-16-15-27-49(55)60(52)48-26-14-12-23-43(48)41-21-9-10-22-42(41)45-30-29-39(31-51(45)60)53-34-54(64-58(63-53)38-19-7-4-8-20-38)40-35-61-57(62-36-40)37-17-5-3-6-18-37/h3-36H,1-2H3. The summed E-state index contributed by atoms with van der Waals surface area (Å²) >= 11 is 0. The number of sulfone groups is 1. The Balaban J connectivity index is 1.13. The van der Waals surface area contributed by atoms with Gasteiger partial charge in [0.1, 0.15) is 0 Å². The summed E-state index contributed by atoms with van der Waals surface area (Å²) in [6.45, 7) is 4.40. The van der Waals surface area contributed by atoms with Gasteiger partial charge >= 0.3 is 0 Å². The fourth-order valence-corrected chi connectivity index (χ4v) is 12.9. The van der Waals surface area contributed by atoms with Crippen LogP contribution in [0.5, 0.6) is 0 Å². The normalized spacial score (nSPS) is 16.3. The van der Waals surface area contributed by atoms with Crippen molar-refractivity contribution in [3.05, 3.63) is 240 Å². The van der Waals surface area contributed by atoms with Crippen LogP contribution >= 0.6 is 0 Å². The zero-order valence-electron chi connectivity index (χ0n) is 36.6. The monoisotopic (exact) mass is 880 g/mol. The topological polar surface area (TPSA) is 85.7 Å². The lowest BCUT2D eigenvalue weighted by Crippen LogP contribution is -2.38. The Labute approximate surface area is 389 Å². The second kappa shape index (κ2) is 14.4. The summed E-state index contributed by atoms with van der Waals surface area (Å²) in [5.74, 6) is 1.20. The molecule has 10 aromatic rings. The van der Waals surface area contributed by atoms with Crippen LogP contribution in [-0.4, -0.2) is 28.4 Å². The fraction of sp³-hybridized carbons (Fsp3) is 0.0667. The molecule has 0 N–H and O–H groups in total. The van der Waals surface area contributed by atoms with Crippen LogP contribution in [-0.2, 0) is 20.7 Å². The lowest BCUT2D eigenvalue weighted by molar-refractivity contribution is 0.577. The molecule has 1 atom stereocenters. The first-order chi connectivity index (χ1) is 32.7. The first-order valence-electron chi connectivity index (χ1n) is 22.5. The van der Waals surface area contributed by atoms with E-state index >= 15 is 8.42 Å². The highest BCUT2D eigenvalue weighted by atomic mass is 32.2. The van der Waals surface area contributed by atoms with Gasteiger partial charge < -0.3 is 0 Å². The number of aromatic nitrogens is 4. The molecular formula is C60H40N4O2S. The molecule has 2 aliphatic carbocycles. The Morgan fingerprint density at radius 3 is 1.55 bits per heavy atom. The van der Waals surface area contributed by atoms with Crippen molar-refractivity contribution in [3.63, 3.8) is 0 Å². The van der Waals surface area contributed by atoms with Crippen LogP contribution in [0.3, 0.4) is 0 Å². The quantitative estimate of drug-likeness (QED) is 0.175. The van der Waals surface area contributed by atoms with Gasteiger partial charge in [-0.1, -0.05) is 178 Å². The zero-order chi connectivity index (χ0) is 45.1. The van der Waals surface area contributed by atoms with E-state index in [0.717, 1.165) is 83.5 Å². The van der Waals surface area contributed by atoms with Crippen molar-refractivity contribution in [3.8, 4) is 78.7 Å². The fourth-order valence-electron chi connectivity index (χ4n) is 11.1. The summed E-state index contributed by atoms with van der Waals surface area (Å²) in [6, 6.07) is 66.0. The molecule has 0 amide bonds. The first-order valence-corrected chi connectivity index (χ1v) is 24.0. The Bertz CT molecular complexity index is 3790. The molecule has 67 heavy (non-hydrogen) atoms. The summed E-state index contributed by atoms with van der Waals surface area (Å²) in [4.78, 5) is 20.6. The Morgan fingerprint density at radius 1 is 0.358 bits per heavy atom. The van der Waals surface area contributed by atoms with E-state index < -0.39 is 20.7 Å². The van der Waals surface area contributed by atoms with Crippen molar-refractivity contribution in [2.75, 3.05) is 0 Å². The second-order valence-electron chi connectivity index (χ2n) is 18.2. The molecule has 2 aromatic heterocycles. The van der Waals surface area contributed by atoms with Gasteiger partial charge in [-0.05, 0) is 97.1 Å². The van der Waals surface area contributed by atoms with E-state index in [2.05, 4.69) is 111 Å². The summed E-state index contributed by atoms with van der Waals surface area (Å²) in [6.07, 6.45) is 3.65. The lowest BCUT2D eigenvalue weighted by atomic mass is 9.62. The minimum absolute atomic E-state index is 0.308. The third-order valence-electron chi connectivity index (χ3n) is 14.3. The first kappa shape index (κ1) is 39.3. The Hall–Kier alpha value is -8.13. The van der Waals surface area contributed by atoms with E-state index in [1.165, 1.54) is 5.56 Å². The van der Waals surface area contributed by atoms with Crippen molar-refractivity contribution in [1.82, 2.24) is 19.9 Å². The maximum absolute atomic E-state index is 15.4. The molecule has 1 unspecified atom stereocenters. The van der Waals surface area contributed by atoms with Gasteiger partial charge in [-0.2, -0.15) is 0 Å². The van der Waals surface area contributed by atoms with E-state index in [-0.39, 0.29) is 0 Å². The molecule has 3 aliphatic rings. The molecule has 6 nitrogen and oxygen atoms in total. The predicted octanol–water partition coefficient (Wildman–Crippen LogP) is 13.4. The maximum Gasteiger partial charge on any atom is 0.207 e. The number of fused-ring (bicyclic) bond motifs is 14. The molecule has 0 fully saturated rings. The maximum atomic E-state index is 15.4. The smallest absolute Gasteiger partial charge is 0.207 e. The van der Waals surface area contributed by atoms with Gasteiger partial charge in [0, 0.05) is 40.1 Å². The largest absolute Gasteiger partial charge is 0.236 e. The van der Waals surface area contributed by atoms with Crippen LogP contribution in [0.1, 0.15) is 47.2 Å². The molecule has 0 bridgehead atoms. The average Bonchev–Trinajstić information content (AvgIpc) is 3.54. The lowest BCUT2D eigenvalue weighted by Gasteiger charge is -2.43. The van der Waals surface area contributed by atoms with E-state index in [9.17, 15) is 0 Å². The van der Waals surface area contributed by atoms with Gasteiger partial charge in [0.15, 0.2) is 11.6 Å². The van der Waals surface area contributed by atoms with Crippen molar-refractivity contribution in [1.29, 1.82) is 0 Å². The van der Waals surface area contributed by atoms with Crippen LogP contribution in [0.4, 0.5) is 0 Å². The molecule has 0 radical (unpaired) electrons. The predicted molar refractivity (Wildman–Crippen MR) is 265 cm³/mol. The summed E-state index contributed by atoms with van der Waals surface area (Å²) in [7, 11) is -4.01. The Morgan fingerprint density at radius 2 is 0.881 bits per heavy atom. The molecule has 0 saturated carbocycles. The van der Waals surface area contributed by atoms with E-state index in [1.807, 2.05) is 103 Å². The molecule has 1 spiro atoms. The summed E-state index contributed by atoms with van der Waals surface area (Å²) in [5, 5.41) is 0. The van der Waals surface area contributed by atoms with Crippen molar-refractivity contribution < 1.29 is 8.42 Å². The molecule has 8 aromatic carbocycles. The van der Waals surface area contributed by atoms with E-state index in [0.29, 0.717) is 32.8 Å². The van der Waals surface area contributed by atoms with Crippen molar-refractivity contribution >= 4 is 9.84 Å². The van der Waals surface area contributed by atoms with Gasteiger partial charge in [0.05, 0.1) is 26.6 Å². The molecular weight excluding hydrogens is 841 g/mol. The molecule has 0 saturated heterocycles. The Kier molecular flexibility index (Phi) is 8.46. The van der Waals surface area contributed by atoms with Crippen LogP contribution in [0.2, 0.25) is 0 Å². The highest BCUT2D eigenvalue weighted by Crippen LogP contribution is 2.62. The van der Waals surface area contributed by atoms with Crippen molar-refractivity contribution in [2.24, 2.45) is 0 Å². The molecule has 1 aliphatic heterocycles. The second-order valence-corrected chi connectivity index (χ2v) is 20.0. The van der Waals surface area contributed by atoms with E-state index in [1.54, 1.807) is 6.07 Å². The third kappa shape index (κ3) is 5.65. The number of rotatable bonds is 4. The van der Waals surface area contributed by atoms with Crippen LogP contribution in [0, 0.1) is 0 Å². The number of hydrogen-bond acceptors (Lipinski definition) is 6. The average molecular weight is 881 g/mol. The van der Waals surface area contributed by atoms with Gasteiger partial charge in [0.25, 0.3) is 0 Å².